The maximum absolute atomic E-state index is 12.0. The summed E-state index contributed by atoms with van der Waals surface area (Å²) in [5.41, 5.74) is 0. The minimum Gasteiger partial charge on any atom is -0.352 e. The molecule has 106 valence electrons. The van der Waals surface area contributed by atoms with Gasteiger partial charge in [0.05, 0.1) is 0 Å². The van der Waals surface area contributed by atoms with Crippen LogP contribution in [0.5, 0.6) is 0 Å². The first-order valence-electron chi connectivity index (χ1n) is 7.34. The number of fused-ring (bicyclic) bond motifs is 2. The molecule has 4 nitrogen and oxygen atoms in total. The summed E-state index contributed by atoms with van der Waals surface area (Å²) in [5, 5.41) is 3.16. The Morgan fingerprint density at radius 3 is 2.89 bits per heavy atom. The Labute approximate surface area is 118 Å². The van der Waals surface area contributed by atoms with Crippen LogP contribution in [0.15, 0.2) is 0 Å². The molecule has 19 heavy (non-hydrogen) atoms. The summed E-state index contributed by atoms with van der Waals surface area (Å²) in [6.45, 7) is 3.07. The van der Waals surface area contributed by atoms with Gasteiger partial charge < -0.3 is 10.2 Å². The molecule has 1 heterocycles. The van der Waals surface area contributed by atoms with Crippen molar-refractivity contribution in [2.45, 2.75) is 38.6 Å². The standard InChI is InChI=1S/C14H22N2O2S/c1-9(12-7-10-2-3-11(12)6-10)15-13(17)8-16-4-5-19-14(16)18/h9-12H,2-8H2,1H3,(H,15,17). The smallest absolute Gasteiger partial charge is 0.282 e. The Morgan fingerprint density at radius 2 is 2.32 bits per heavy atom. The van der Waals surface area contributed by atoms with E-state index in [1.807, 2.05) is 0 Å². The van der Waals surface area contributed by atoms with E-state index in [1.54, 1.807) is 4.90 Å². The number of carbonyl (C=O) groups excluding carboxylic acids is 2. The molecule has 0 aromatic rings. The lowest BCUT2D eigenvalue weighted by molar-refractivity contribution is -0.122. The van der Waals surface area contributed by atoms with Crippen molar-refractivity contribution in [3.05, 3.63) is 0 Å². The van der Waals surface area contributed by atoms with Crippen molar-refractivity contribution >= 4 is 22.9 Å². The van der Waals surface area contributed by atoms with Crippen LogP contribution in [0.25, 0.3) is 0 Å². The molecule has 0 aromatic heterocycles. The van der Waals surface area contributed by atoms with Crippen molar-refractivity contribution in [1.82, 2.24) is 10.2 Å². The summed E-state index contributed by atoms with van der Waals surface area (Å²) >= 11 is 1.31. The van der Waals surface area contributed by atoms with Gasteiger partial charge in [-0.15, -0.1) is 0 Å². The summed E-state index contributed by atoms with van der Waals surface area (Å²) in [6, 6.07) is 0.258. The van der Waals surface area contributed by atoms with E-state index in [4.69, 9.17) is 0 Å². The van der Waals surface area contributed by atoms with E-state index < -0.39 is 0 Å². The number of thioether (sulfide) groups is 1. The summed E-state index contributed by atoms with van der Waals surface area (Å²) < 4.78 is 0. The quantitative estimate of drug-likeness (QED) is 0.859. The van der Waals surface area contributed by atoms with E-state index in [9.17, 15) is 9.59 Å². The maximum Gasteiger partial charge on any atom is 0.282 e. The first-order valence-corrected chi connectivity index (χ1v) is 8.33. The number of carbonyl (C=O) groups is 2. The van der Waals surface area contributed by atoms with Crippen LogP contribution < -0.4 is 5.32 Å². The van der Waals surface area contributed by atoms with Crippen LogP contribution >= 0.6 is 11.8 Å². The molecule has 5 heteroatoms. The first kappa shape index (κ1) is 13.3. The predicted octanol–water partition coefficient (Wildman–Crippen LogP) is 2.10. The van der Waals surface area contributed by atoms with E-state index in [0.29, 0.717) is 12.5 Å². The van der Waals surface area contributed by atoms with Gasteiger partial charge in [0.25, 0.3) is 5.24 Å². The van der Waals surface area contributed by atoms with Gasteiger partial charge in [0.1, 0.15) is 6.54 Å². The second-order valence-electron chi connectivity index (χ2n) is 6.23. The molecular formula is C14H22N2O2S. The Hall–Kier alpha value is -0.710. The lowest BCUT2D eigenvalue weighted by Gasteiger charge is -2.29. The molecule has 0 aromatic carbocycles. The van der Waals surface area contributed by atoms with Crippen LogP contribution in [-0.4, -0.2) is 40.9 Å². The molecule has 1 saturated heterocycles. The molecule has 2 amide bonds. The highest BCUT2D eigenvalue weighted by Gasteiger charge is 2.42. The molecule has 4 atom stereocenters. The lowest BCUT2D eigenvalue weighted by Crippen LogP contribution is -2.45. The third-order valence-corrected chi connectivity index (χ3v) is 5.89. The van der Waals surface area contributed by atoms with Gasteiger partial charge in [-0.05, 0) is 43.9 Å². The monoisotopic (exact) mass is 282 g/mol. The van der Waals surface area contributed by atoms with E-state index in [-0.39, 0.29) is 23.7 Å². The second kappa shape index (κ2) is 5.35. The van der Waals surface area contributed by atoms with E-state index in [2.05, 4.69) is 12.2 Å². The fourth-order valence-corrected chi connectivity index (χ4v) is 4.88. The number of hydrogen-bond donors (Lipinski definition) is 1. The summed E-state index contributed by atoms with van der Waals surface area (Å²) in [7, 11) is 0. The molecule has 2 saturated carbocycles. The molecule has 1 N–H and O–H groups in total. The Bertz CT molecular complexity index is 388. The van der Waals surface area contributed by atoms with Gasteiger partial charge in [-0.25, -0.2) is 0 Å². The summed E-state index contributed by atoms with van der Waals surface area (Å²) in [4.78, 5) is 25.1. The average molecular weight is 282 g/mol. The van der Waals surface area contributed by atoms with Crippen molar-refractivity contribution in [2.24, 2.45) is 17.8 Å². The van der Waals surface area contributed by atoms with Gasteiger partial charge in [0.2, 0.25) is 5.91 Å². The highest BCUT2D eigenvalue weighted by molar-refractivity contribution is 8.13. The Kier molecular flexibility index (Phi) is 3.74. The highest BCUT2D eigenvalue weighted by atomic mass is 32.2. The number of hydrogen-bond acceptors (Lipinski definition) is 3. The van der Waals surface area contributed by atoms with Crippen LogP contribution in [0.4, 0.5) is 4.79 Å². The zero-order chi connectivity index (χ0) is 13.4. The van der Waals surface area contributed by atoms with Gasteiger partial charge in [-0.3, -0.25) is 9.59 Å². The second-order valence-corrected chi connectivity index (χ2v) is 7.28. The maximum atomic E-state index is 12.0. The normalized spacial score (nSPS) is 34.9. The Balaban J connectivity index is 1.48. The molecule has 3 rings (SSSR count). The van der Waals surface area contributed by atoms with Crippen LogP contribution in [0.2, 0.25) is 0 Å². The number of rotatable bonds is 4. The van der Waals surface area contributed by atoms with E-state index >= 15 is 0 Å². The largest absolute Gasteiger partial charge is 0.352 e. The SMILES string of the molecule is CC(NC(=O)CN1CCSC1=O)C1CC2CCC1C2. The van der Waals surface area contributed by atoms with Crippen molar-refractivity contribution in [3.8, 4) is 0 Å². The van der Waals surface area contributed by atoms with Crippen molar-refractivity contribution in [1.29, 1.82) is 0 Å². The third-order valence-electron chi connectivity index (χ3n) is 5.00. The fourth-order valence-electron chi connectivity index (χ4n) is 4.06. The average Bonchev–Trinajstić information content (AvgIpc) is 3.06. The molecule has 1 aliphatic heterocycles. The molecule has 2 bridgehead atoms. The topological polar surface area (TPSA) is 49.4 Å². The molecule has 2 aliphatic carbocycles. The van der Waals surface area contributed by atoms with Crippen molar-refractivity contribution < 1.29 is 9.59 Å². The zero-order valence-corrected chi connectivity index (χ0v) is 12.2. The van der Waals surface area contributed by atoms with E-state index in [1.165, 1.54) is 37.4 Å². The lowest BCUT2D eigenvalue weighted by atomic mass is 9.84. The van der Waals surface area contributed by atoms with Crippen LogP contribution in [0.3, 0.4) is 0 Å². The van der Waals surface area contributed by atoms with Crippen LogP contribution in [0, 0.1) is 17.8 Å². The number of nitrogens with zero attached hydrogens (tertiary/aromatic N) is 1. The summed E-state index contributed by atoms with van der Waals surface area (Å²) in [5.74, 6) is 3.21. The van der Waals surface area contributed by atoms with Crippen LogP contribution in [-0.2, 0) is 4.79 Å². The minimum absolute atomic E-state index is 0.00567. The Morgan fingerprint density at radius 1 is 1.47 bits per heavy atom. The van der Waals surface area contributed by atoms with Crippen LogP contribution in [0.1, 0.15) is 32.6 Å². The first-order chi connectivity index (χ1) is 9.13. The highest BCUT2D eigenvalue weighted by Crippen LogP contribution is 2.49. The molecule has 3 aliphatic rings. The minimum atomic E-state index is 0.00567. The van der Waals surface area contributed by atoms with E-state index in [0.717, 1.165) is 17.6 Å². The van der Waals surface area contributed by atoms with Gasteiger partial charge >= 0.3 is 0 Å². The molecule has 0 spiro atoms. The fraction of sp³-hybridized carbons (Fsp3) is 0.857. The van der Waals surface area contributed by atoms with Gasteiger partial charge in [-0.2, -0.15) is 0 Å². The molecular weight excluding hydrogens is 260 g/mol. The number of nitrogens with one attached hydrogen (secondary N) is 1. The van der Waals surface area contributed by atoms with Gasteiger partial charge in [-0.1, -0.05) is 18.2 Å². The third kappa shape index (κ3) is 2.76. The summed E-state index contributed by atoms with van der Waals surface area (Å²) in [6.07, 6.45) is 5.38. The number of amides is 2. The zero-order valence-electron chi connectivity index (χ0n) is 11.4. The van der Waals surface area contributed by atoms with Crippen molar-refractivity contribution in [3.63, 3.8) is 0 Å². The van der Waals surface area contributed by atoms with Gasteiger partial charge in [0.15, 0.2) is 0 Å². The van der Waals surface area contributed by atoms with Crippen molar-refractivity contribution in [2.75, 3.05) is 18.8 Å². The van der Waals surface area contributed by atoms with Gasteiger partial charge in [0, 0.05) is 18.3 Å². The molecule has 0 radical (unpaired) electrons. The molecule has 3 fully saturated rings. The predicted molar refractivity (Wildman–Crippen MR) is 76.0 cm³/mol. The molecule has 4 unspecified atom stereocenters.